The van der Waals surface area contributed by atoms with E-state index in [1.165, 1.54) is 12.8 Å². The van der Waals surface area contributed by atoms with Gasteiger partial charge in [0.2, 0.25) is 12.7 Å². The number of piperidine rings is 1. The highest BCUT2D eigenvalue weighted by Gasteiger charge is 2.51. The third-order valence-electron chi connectivity index (χ3n) is 7.09. The van der Waals surface area contributed by atoms with E-state index in [9.17, 15) is 4.79 Å². The lowest BCUT2D eigenvalue weighted by Crippen LogP contribution is -2.31. The number of fused-ring (bicyclic) bond motifs is 1. The second-order valence-electron chi connectivity index (χ2n) is 9.63. The number of ether oxygens (including phenoxy) is 2. The van der Waals surface area contributed by atoms with Gasteiger partial charge in [-0.1, -0.05) is 30.3 Å². The normalized spacial score (nSPS) is 18.1. The van der Waals surface area contributed by atoms with Crippen molar-refractivity contribution in [2.24, 2.45) is 5.92 Å². The van der Waals surface area contributed by atoms with Gasteiger partial charge in [0.25, 0.3) is 0 Å². The second-order valence-corrected chi connectivity index (χ2v) is 10.1. The average Bonchev–Trinajstić information content (AvgIpc) is 3.61. The van der Waals surface area contributed by atoms with Gasteiger partial charge in [-0.15, -0.1) is 12.6 Å². The van der Waals surface area contributed by atoms with Crippen molar-refractivity contribution in [3.63, 3.8) is 0 Å². The number of hydrogen-bond donors (Lipinski definition) is 4. The van der Waals surface area contributed by atoms with Gasteiger partial charge in [0.1, 0.15) is 0 Å². The molecule has 8 nitrogen and oxygen atoms in total. The van der Waals surface area contributed by atoms with Crippen LogP contribution < -0.4 is 20.1 Å². The Bertz CT molecular complexity index is 1220. The van der Waals surface area contributed by atoms with Crippen LogP contribution in [0.2, 0.25) is 0 Å². The maximum Gasteiger partial charge on any atom is 0.235 e. The highest BCUT2D eigenvalue weighted by atomic mass is 32.1. The zero-order chi connectivity index (χ0) is 25.0. The Morgan fingerprint density at radius 2 is 1.79 bits per heavy atom. The highest BCUT2D eigenvalue weighted by molar-refractivity contribution is 7.80. The molecule has 0 bridgehead atoms. The van der Waals surface area contributed by atoms with Crippen molar-refractivity contribution in [3.8, 4) is 22.6 Å². The number of amides is 1. The molecule has 0 aromatic heterocycles. The van der Waals surface area contributed by atoms with Crippen LogP contribution in [0.3, 0.4) is 0 Å². The molecule has 6 rings (SSSR count). The first kappa shape index (κ1) is 29.5. The van der Waals surface area contributed by atoms with Crippen molar-refractivity contribution < 1.29 is 31.8 Å². The zero-order valence-corrected chi connectivity index (χ0v) is 22.1. The number of anilines is 1. The SMILES string of the molecule is O.O.O=C(Nc1cccc(-c2ccc(S)cc2)c1)C1(c2ccc3c(c2)OCO3)CC1.OCC1CCCNC1.[HH]. The topological polar surface area (TPSA) is 143 Å². The van der Waals surface area contributed by atoms with Crippen LogP contribution in [-0.4, -0.2) is 48.5 Å². The smallest absolute Gasteiger partial charge is 0.235 e. The van der Waals surface area contributed by atoms with Crippen molar-refractivity contribution in [2.45, 2.75) is 36.0 Å². The van der Waals surface area contributed by atoms with Gasteiger partial charge < -0.3 is 36.2 Å². The standard InChI is InChI=1S/C23H19NO3S.C6H13NO.2H2O.H2/c25-22(23(10-11-23)17-6-9-20-21(13-17)27-14-26-20)24-18-3-1-2-16(12-18)15-4-7-19(28)8-5-15;8-5-6-2-1-3-7-4-6;;;/h1-9,12-13,28H,10-11,14H2,(H,24,25);6-8H,1-5H2;2*1H2;1H. The minimum absolute atomic E-state index is 0. The van der Waals surface area contributed by atoms with Gasteiger partial charge in [0.05, 0.1) is 5.41 Å². The van der Waals surface area contributed by atoms with Crippen molar-refractivity contribution in [1.29, 1.82) is 0 Å². The first-order chi connectivity index (χ1) is 17.6. The summed E-state index contributed by atoms with van der Waals surface area (Å²) in [5, 5.41) is 15.0. The van der Waals surface area contributed by atoms with Crippen LogP contribution in [0.15, 0.2) is 71.6 Å². The summed E-state index contributed by atoms with van der Waals surface area (Å²) >= 11 is 4.33. The predicted molar refractivity (Wildman–Crippen MR) is 153 cm³/mol. The largest absolute Gasteiger partial charge is 0.454 e. The number of carbonyl (C=O) groups is 1. The number of aliphatic hydroxyl groups excluding tert-OH is 1. The van der Waals surface area contributed by atoms with Crippen molar-refractivity contribution >= 4 is 24.2 Å². The molecule has 9 heteroatoms. The van der Waals surface area contributed by atoms with Crippen LogP contribution in [0.1, 0.15) is 32.7 Å². The second kappa shape index (κ2) is 13.1. The van der Waals surface area contributed by atoms with Crippen LogP contribution >= 0.6 is 12.6 Å². The Morgan fingerprint density at radius 3 is 2.45 bits per heavy atom. The molecule has 1 aliphatic carbocycles. The zero-order valence-electron chi connectivity index (χ0n) is 21.2. The molecule has 1 amide bonds. The molecule has 2 fully saturated rings. The van der Waals surface area contributed by atoms with E-state index in [-0.39, 0.29) is 25.1 Å². The average molecular weight is 543 g/mol. The fraction of sp³-hybridized carbons (Fsp3) is 0.345. The van der Waals surface area contributed by atoms with Crippen molar-refractivity contribution in [2.75, 3.05) is 31.8 Å². The summed E-state index contributed by atoms with van der Waals surface area (Å²) < 4.78 is 10.9. The van der Waals surface area contributed by atoms with Crippen LogP contribution in [-0.2, 0) is 10.2 Å². The summed E-state index contributed by atoms with van der Waals surface area (Å²) in [6.07, 6.45) is 4.10. The van der Waals surface area contributed by atoms with Gasteiger partial charge in [-0.3, -0.25) is 4.79 Å². The molecule has 7 N–H and O–H groups in total. The lowest BCUT2D eigenvalue weighted by Gasteiger charge is -2.19. The molecule has 1 saturated heterocycles. The minimum atomic E-state index is -0.481. The van der Waals surface area contributed by atoms with E-state index < -0.39 is 5.41 Å². The lowest BCUT2D eigenvalue weighted by atomic mass is 9.94. The third-order valence-corrected chi connectivity index (χ3v) is 7.39. The molecule has 2 aliphatic heterocycles. The van der Waals surface area contributed by atoms with E-state index in [1.54, 1.807) is 0 Å². The quantitative estimate of drug-likeness (QED) is 0.364. The number of hydrogen-bond acceptors (Lipinski definition) is 6. The molecule has 38 heavy (non-hydrogen) atoms. The Labute approximate surface area is 229 Å². The maximum absolute atomic E-state index is 13.1. The van der Waals surface area contributed by atoms with E-state index in [1.807, 2.05) is 66.7 Å². The summed E-state index contributed by atoms with van der Waals surface area (Å²) in [4.78, 5) is 14.0. The summed E-state index contributed by atoms with van der Waals surface area (Å²) in [6.45, 7) is 2.74. The van der Waals surface area contributed by atoms with Gasteiger partial charge in [0, 0.05) is 25.2 Å². The summed E-state index contributed by atoms with van der Waals surface area (Å²) in [5.74, 6) is 2.00. The molecule has 1 unspecified atom stereocenters. The van der Waals surface area contributed by atoms with E-state index in [4.69, 9.17) is 14.6 Å². The van der Waals surface area contributed by atoms with Crippen molar-refractivity contribution in [1.82, 2.24) is 5.32 Å². The fourth-order valence-electron chi connectivity index (χ4n) is 4.73. The van der Waals surface area contributed by atoms with Crippen LogP contribution in [0.5, 0.6) is 11.5 Å². The summed E-state index contributed by atoms with van der Waals surface area (Å²) in [7, 11) is 0. The predicted octanol–water partition coefficient (Wildman–Crippen LogP) is 3.62. The van der Waals surface area contributed by atoms with Gasteiger partial charge >= 0.3 is 0 Å². The van der Waals surface area contributed by atoms with E-state index in [0.29, 0.717) is 18.3 Å². The fourth-order valence-corrected chi connectivity index (χ4v) is 4.88. The molecule has 3 aliphatic rings. The van der Waals surface area contributed by atoms with Crippen LogP contribution in [0.25, 0.3) is 11.1 Å². The van der Waals surface area contributed by atoms with E-state index >= 15 is 0 Å². The molecule has 0 radical (unpaired) electrons. The van der Waals surface area contributed by atoms with E-state index in [2.05, 4.69) is 23.3 Å². The lowest BCUT2D eigenvalue weighted by molar-refractivity contribution is -0.118. The minimum Gasteiger partial charge on any atom is -0.454 e. The molecule has 206 valence electrons. The van der Waals surface area contributed by atoms with E-state index in [0.717, 1.165) is 59.0 Å². The monoisotopic (exact) mass is 542 g/mol. The van der Waals surface area contributed by atoms with Crippen LogP contribution in [0, 0.1) is 5.92 Å². The molecular formula is C29H38N2O6S. The number of carbonyl (C=O) groups excluding carboxylic acids is 1. The first-order valence-corrected chi connectivity index (χ1v) is 12.9. The molecule has 0 spiro atoms. The molecule has 3 aromatic rings. The number of benzene rings is 3. The Morgan fingerprint density at radius 1 is 1.03 bits per heavy atom. The first-order valence-electron chi connectivity index (χ1n) is 12.5. The molecular weight excluding hydrogens is 504 g/mol. The number of thiol groups is 1. The summed E-state index contributed by atoms with van der Waals surface area (Å²) in [6, 6.07) is 21.7. The number of aliphatic hydroxyl groups is 1. The van der Waals surface area contributed by atoms with Crippen LogP contribution in [0.4, 0.5) is 5.69 Å². The molecule has 1 saturated carbocycles. The van der Waals surface area contributed by atoms with Gasteiger partial charge in [-0.25, -0.2) is 0 Å². The van der Waals surface area contributed by atoms with Gasteiger partial charge in [-0.05, 0) is 91.2 Å². The molecule has 3 aromatic carbocycles. The Hall–Kier alpha value is -3.08. The maximum atomic E-state index is 13.1. The summed E-state index contributed by atoms with van der Waals surface area (Å²) in [5.41, 5.74) is 3.44. The van der Waals surface area contributed by atoms with Crippen molar-refractivity contribution in [3.05, 3.63) is 72.3 Å². The number of rotatable bonds is 5. The number of nitrogens with one attached hydrogen (secondary N) is 2. The third kappa shape index (κ3) is 6.67. The molecule has 2 heterocycles. The Balaban J connectivity index is 0.000000422. The van der Waals surface area contributed by atoms with Gasteiger partial charge in [0.15, 0.2) is 11.5 Å². The Kier molecular flexibility index (Phi) is 10.2. The van der Waals surface area contributed by atoms with Gasteiger partial charge in [-0.2, -0.15) is 0 Å². The molecule has 1 atom stereocenters. The highest BCUT2D eigenvalue weighted by Crippen LogP contribution is 2.51.